The van der Waals surface area contributed by atoms with Crippen molar-refractivity contribution in [2.75, 3.05) is 27.8 Å². The highest BCUT2D eigenvalue weighted by Gasteiger charge is 2.24. The minimum absolute atomic E-state index is 0.0713. The highest BCUT2D eigenvalue weighted by atomic mass is 35.5. The molecule has 8 heteroatoms. The van der Waals surface area contributed by atoms with Gasteiger partial charge in [0.25, 0.3) is 0 Å². The van der Waals surface area contributed by atoms with E-state index in [4.69, 9.17) is 21.1 Å². The van der Waals surface area contributed by atoms with Crippen LogP contribution in [0.25, 0.3) is 0 Å². The molecule has 0 bridgehead atoms. The number of ether oxygens (including phenoxy) is 2. The smallest absolute Gasteiger partial charge is 0.242 e. The SMILES string of the molecule is COc1ccc(C(O)CN(C)S(=O)(=O)c2cccc(Cl)c2)cc1OC. The third kappa shape index (κ3) is 4.43. The number of aliphatic hydroxyl groups excluding tert-OH is 1. The molecule has 0 fully saturated rings. The Kier molecular flexibility index (Phi) is 6.29. The second kappa shape index (κ2) is 8.05. The number of benzene rings is 2. The average Bonchev–Trinajstić information content (AvgIpc) is 2.60. The number of nitrogens with zero attached hydrogens (tertiary/aromatic N) is 1. The van der Waals surface area contributed by atoms with Gasteiger partial charge in [-0.05, 0) is 35.9 Å². The summed E-state index contributed by atoms with van der Waals surface area (Å²) < 4.78 is 36.6. The van der Waals surface area contributed by atoms with E-state index < -0.39 is 16.1 Å². The van der Waals surface area contributed by atoms with Crippen LogP contribution in [0.2, 0.25) is 5.02 Å². The maximum absolute atomic E-state index is 12.6. The van der Waals surface area contributed by atoms with Crippen molar-refractivity contribution in [1.29, 1.82) is 0 Å². The first kappa shape index (κ1) is 19.5. The van der Waals surface area contributed by atoms with Gasteiger partial charge in [0.15, 0.2) is 11.5 Å². The zero-order valence-electron chi connectivity index (χ0n) is 14.1. The molecule has 6 nitrogen and oxygen atoms in total. The van der Waals surface area contributed by atoms with Crippen LogP contribution in [0.5, 0.6) is 11.5 Å². The second-order valence-corrected chi connectivity index (χ2v) is 7.85. The lowest BCUT2D eigenvalue weighted by atomic mass is 10.1. The largest absolute Gasteiger partial charge is 0.493 e. The molecule has 1 unspecified atom stereocenters. The van der Waals surface area contributed by atoms with E-state index in [1.165, 1.54) is 33.4 Å². The van der Waals surface area contributed by atoms with Crippen molar-refractivity contribution in [2.24, 2.45) is 0 Å². The van der Waals surface area contributed by atoms with E-state index in [0.717, 1.165) is 4.31 Å². The molecule has 0 aromatic heterocycles. The Labute approximate surface area is 152 Å². The quantitative estimate of drug-likeness (QED) is 0.793. The lowest BCUT2D eigenvalue weighted by molar-refractivity contribution is 0.154. The fraction of sp³-hybridized carbons (Fsp3) is 0.294. The van der Waals surface area contributed by atoms with Gasteiger partial charge in [0.1, 0.15) is 0 Å². The topological polar surface area (TPSA) is 76.1 Å². The molecule has 0 heterocycles. The van der Waals surface area contributed by atoms with Crippen molar-refractivity contribution < 1.29 is 23.0 Å². The molecule has 1 atom stereocenters. The molecule has 0 aliphatic carbocycles. The van der Waals surface area contributed by atoms with Crippen molar-refractivity contribution in [3.8, 4) is 11.5 Å². The van der Waals surface area contributed by atoms with Gasteiger partial charge in [0, 0.05) is 18.6 Å². The van der Waals surface area contributed by atoms with Gasteiger partial charge in [-0.1, -0.05) is 23.7 Å². The van der Waals surface area contributed by atoms with Crippen molar-refractivity contribution in [3.63, 3.8) is 0 Å². The molecular formula is C17H20ClNO5S. The Morgan fingerprint density at radius 3 is 2.40 bits per heavy atom. The number of likely N-dealkylation sites (N-methyl/N-ethyl adjacent to an activating group) is 1. The summed E-state index contributed by atoms with van der Waals surface area (Å²) in [5.74, 6) is 0.984. The van der Waals surface area contributed by atoms with Crippen LogP contribution >= 0.6 is 11.6 Å². The normalized spacial score (nSPS) is 12.9. The molecule has 0 saturated carbocycles. The fourth-order valence-electron chi connectivity index (χ4n) is 2.31. The van der Waals surface area contributed by atoms with Crippen molar-refractivity contribution >= 4 is 21.6 Å². The molecule has 136 valence electrons. The Morgan fingerprint density at radius 1 is 1.12 bits per heavy atom. The summed E-state index contributed by atoms with van der Waals surface area (Å²) >= 11 is 5.86. The van der Waals surface area contributed by atoms with Crippen LogP contribution in [-0.4, -0.2) is 45.6 Å². The number of rotatable bonds is 7. The fourth-order valence-corrected chi connectivity index (χ4v) is 3.79. The Balaban J connectivity index is 2.21. The molecule has 0 radical (unpaired) electrons. The molecule has 0 aliphatic heterocycles. The highest BCUT2D eigenvalue weighted by Crippen LogP contribution is 2.30. The van der Waals surface area contributed by atoms with E-state index in [1.54, 1.807) is 30.3 Å². The van der Waals surface area contributed by atoms with E-state index in [1.807, 2.05) is 0 Å². The standard InChI is InChI=1S/C17H20ClNO5S/c1-19(25(21,22)14-6-4-5-13(18)10-14)11-15(20)12-7-8-16(23-2)17(9-12)24-3/h4-10,15,20H,11H2,1-3H3. The molecule has 2 rings (SSSR count). The van der Waals surface area contributed by atoms with E-state index in [-0.39, 0.29) is 11.4 Å². The predicted molar refractivity (Wildman–Crippen MR) is 95.8 cm³/mol. The summed E-state index contributed by atoms with van der Waals surface area (Å²) in [6.07, 6.45) is -1.03. The van der Waals surface area contributed by atoms with Crippen molar-refractivity contribution in [3.05, 3.63) is 53.1 Å². The third-order valence-electron chi connectivity index (χ3n) is 3.73. The van der Waals surface area contributed by atoms with E-state index >= 15 is 0 Å². The van der Waals surface area contributed by atoms with Crippen LogP contribution < -0.4 is 9.47 Å². The Hall–Kier alpha value is -1.80. The molecule has 2 aromatic rings. The number of hydrogen-bond acceptors (Lipinski definition) is 5. The van der Waals surface area contributed by atoms with Gasteiger partial charge >= 0.3 is 0 Å². The van der Waals surface area contributed by atoms with Crippen LogP contribution in [0.4, 0.5) is 0 Å². The minimum Gasteiger partial charge on any atom is -0.493 e. The average molecular weight is 386 g/mol. The summed E-state index contributed by atoms with van der Waals surface area (Å²) in [6.45, 7) is -0.121. The summed E-state index contributed by atoms with van der Waals surface area (Å²) in [7, 11) is 0.646. The monoisotopic (exact) mass is 385 g/mol. The number of sulfonamides is 1. The summed E-state index contributed by atoms with van der Waals surface area (Å²) in [6, 6.07) is 10.9. The first-order chi connectivity index (χ1) is 11.8. The molecule has 0 saturated heterocycles. The Bertz CT molecular complexity index is 841. The van der Waals surface area contributed by atoms with E-state index in [2.05, 4.69) is 0 Å². The lowest BCUT2D eigenvalue weighted by Crippen LogP contribution is -2.31. The van der Waals surface area contributed by atoms with Gasteiger partial charge < -0.3 is 14.6 Å². The summed E-state index contributed by atoms with van der Waals surface area (Å²) in [4.78, 5) is 0.0713. The van der Waals surface area contributed by atoms with Gasteiger partial charge in [-0.3, -0.25) is 0 Å². The summed E-state index contributed by atoms with van der Waals surface area (Å²) in [5, 5.41) is 10.7. The van der Waals surface area contributed by atoms with Crippen molar-refractivity contribution in [2.45, 2.75) is 11.0 Å². The van der Waals surface area contributed by atoms with Gasteiger partial charge in [0.2, 0.25) is 10.0 Å². The number of methoxy groups -OCH3 is 2. The van der Waals surface area contributed by atoms with Crippen LogP contribution in [0.3, 0.4) is 0 Å². The third-order valence-corrected chi connectivity index (χ3v) is 5.78. The van der Waals surface area contributed by atoms with Crippen LogP contribution in [0, 0.1) is 0 Å². The van der Waals surface area contributed by atoms with Crippen molar-refractivity contribution in [1.82, 2.24) is 4.31 Å². The van der Waals surface area contributed by atoms with Crippen LogP contribution in [0.15, 0.2) is 47.4 Å². The second-order valence-electron chi connectivity index (χ2n) is 5.37. The maximum atomic E-state index is 12.6. The molecule has 0 spiro atoms. The van der Waals surface area contributed by atoms with Gasteiger partial charge in [0.05, 0.1) is 25.2 Å². The first-order valence-corrected chi connectivity index (χ1v) is 9.23. The molecule has 0 aliphatic rings. The van der Waals surface area contributed by atoms with Gasteiger partial charge in [-0.15, -0.1) is 0 Å². The zero-order chi connectivity index (χ0) is 18.6. The van der Waals surface area contributed by atoms with Crippen LogP contribution in [0.1, 0.15) is 11.7 Å². The summed E-state index contributed by atoms with van der Waals surface area (Å²) in [5.41, 5.74) is 0.519. The highest BCUT2D eigenvalue weighted by molar-refractivity contribution is 7.89. The van der Waals surface area contributed by atoms with E-state index in [9.17, 15) is 13.5 Å². The maximum Gasteiger partial charge on any atom is 0.242 e. The van der Waals surface area contributed by atoms with E-state index in [0.29, 0.717) is 22.1 Å². The van der Waals surface area contributed by atoms with Gasteiger partial charge in [-0.2, -0.15) is 4.31 Å². The number of halogens is 1. The number of aliphatic hydroxyl groups is 1. The molecule has 0 amide bonds. The first-order valence-electron chi connectivity index (χ1n) is 7.41. The van der Waals surface area contributed by atoms with Crippen LogP contribution in [-0.2, 0) is 10.0 Å². The lowest BCUT2D eigenvalue weighted by Gasteiger charge is -2.21. The molecule has 1 N–H and O–H groups in total. The molecule has 2 aromatic carbocycles. The number of hydrogen-bond donors (Lipinski definition) is 1. The van der Waals surface area contributed by atoms with Gasteiger partial charge in [-0.25, -0.2) is 8.42 Å². The molecular weight excluding hydrogens is 366 g/mol. The predicted octanol–water partition coefficient (Wildman–Crippen LogP) is 2.71. The Morgan fingerprint density at radius 2 is 1.80 bits per heavy atom. The zero-order valence-corrected chi connectivity index (χ0v) is 15.7. The minimum atomic E-state index is -3.76. The molecule has 25 heavy (non-hydrogen) atoms.